The SMILES string of the molecule is CN(C)C(/C(=C/CO)c1ccccc1)c1cccc(F)c1. The van der Waals surface area contributed by atoms with E-state index in [2.05, 4.69) is 0 Å². The molecule has 0 saturated carbocycles. The summed E-state index contributed by atoms with van der Waals surface area (Å²) in [5.41, 5.74) is 2.85. The van der Waals surface area contributed by atoms with Gasteiger partial charge >= 0.3 is 0 Å². The van der Waals surface area contributed by atoms with Gasteiger partial charge in [0.2, 0.25) is 0 Å². The maximum absolute atomic E-state index is 13.6. The fourth-order valence-corrected chi connectivity index (χ4v) is 2.55. The Morgan fingerprint density at radius 3 is 2.43 bits per heavy atom. The van der Waals surface area contributed by atoms with Gasteiger partial charge in [-0.05, 0) is 42.9 Å². The van der Waals surface area contributed by atoms with Crippen molar-refractivity contribution < 1.29 is 9.50 Å². The third-order valence-electron chi connectivity index (χ3n) is 3.39. The molecule has 0 aliphatic carbocycles. The van der Waals surface area contributed by atoms with Crippen molar-refractivity contribution in [2.45, 2.75) is 6.04 Å². The Bertz CT molecular complexity index is 608. The van der Waals surface area contributed by atoms with Crippen molar-refractivity contribution in [3.05, 3.63) is 77.6 Å². The molecule has 2 rings (SSSR count). The quantitative estimate of drug-likeness (QED) is 0.909. The van der Waals surface area contributed by atoms with Crippen molar-refractivity contribution in [1.29, 1.82) is 0 Å². The number of aliphatic hydroxyl groups is 1. The molecule has 0 amide bonds. The van der Waals surface area contributed by atoms with Crippen molar-refractivity contribution in [3.8, 4) is 0 Å². The molecule has 0 heterocycles. The number of benzene rings is 2. The predicted molar refractivity (Wildman–Crippen MR) is 84.3 cm³/mol. The van der Waals surface area contributed by atoms with E-state index in [1.54, 1.807) is 18.2 Å². The first kappa shape index (κ1) is 15.4. The van der Waals surface area contributed by atoms with Crippen LogP contribution < -0.4 is 0 Å². The van der Waals surface area contributed by atoms with Crippen LogP contribution in [0.15, 0.2) is 60.7 Å². The van der Waals surface area contributed by atoms with Crippen molar-refractivity contribution in [1.82, 2.24) is 4.90 Å². The zero-order valence-corrected chi connectivity index (χ0v) is 12.3. The Kier molecular flexibility index (Phi) is 5.26. The minimum atomic E-state index is -0.254. The first-order valence-corrected chi connectivity index (χ1v) is 6.91. The maximum Gasteiger partial charge on any atom is 0.123 e. The van der Waals surface area contributed by atoms with Gasteiger partial charge in [-0.1, -0.05) is 48.5 Å². The van der Waals surface area contributed by atoms with E-state index in [-0.39, 0.29) is 18.5 Å². The van der Waals surface area contributed by atoms with Crippen LogP contribution in [0.4, 0.5) is 4.39 Å². The van der Waals surface area contributed by atoms with E-state index in [1.807, 2.05) is 55.4 Å². The zero-order valence-electron chi connectivity index (χ0n) is 12.3. The van der Waals surface area contributed by atoms with E-state index < -0.39 is 0 Å². The fourth-order valence-electron chi connectivity index (χ4n) is 2.55. The van der Waals surface area contributed by atoms with E-state index in [0.717, 1.165) is 16.7 Å². The maximum atomic E-state index is 13.6. The number of nitrogens with zero attached hydrogens (tertiary/aromatic N) is 1. The fraction of sp³-hybridized carbons (Fsp3) is 0.222. The van der Waals surface area contributed by atoms with Crippen LogP contribution in [0.1, 0.15) is 17.2 Å². The van der Waals surface area contributed by atoms with Gasteiger partial charge in [0, 0.05) is 0 Å². The molecule has 0 aliphatic heterocycles. The van der Waals surface area contributed by atoms with Gasteiger partial charge in [0.05, 0.1) is 12.6 Å². The highest BCUT2D eigenvalue weighted by Crippen LogP contribution is 2.33. The topological polar surface area (TPSA) is 23.5 Å². The second-order valence-electron chi connectivity index (χ2n) is 5.13. The number of hydrogen-bond donors (Lipinski definition) is 1. The van der Waals surface area contributed by atoms with Crippen LogP contribution in [0.2, 0.25) is 0 Å². The first-order chi connectivity index (χ1) is 10.1. The van der Waals surface area contributed by atoms with E-state index in [1.165, 1.54) is 6.07 Å². The Morgan fingerprint density at radius 2 is 1.86 bits per heavy atom. The molecule has 110 valence electrons. The number of rotatable bonds is 5. The van der Waals surface area contributed by atoms with Crippen LogP contribution in [-0.2, 0) is 0 Å². The smallest absolute Gasteiger partial charge is 0.123 e. The van der Waals surface area contributed by atoms with Gasteiger partial charge in [0.15, 0.2) is 0 Å². The highest BCUT2D eigenvalue weighted by molar-refractivity contribution is 5.71. The third kappa shape index (κ3) is 3.78. The summed E-state index contributed by atoms with van der Waals surface area (Å²) in [5.74, 6) is -0.254. The average molecular weight is 285 g/mol. The lowest BCUT2D eigenvalue weighted by Crippen LogP contribution is -2.21. The molecular formula is C18H20FNO. The second-order valence-corrected chi connectivity index (χ2v) is 5.13. The Morgan fingerprint density at radius 1 is 1.14 bits per heavy atom. The van der Waals surface area contributed by atoms with Gasteiger partial charge in [-0.15, -0.1) is 0 Å². The third-order valence-corrected chi connectivity index (χ3v) is 3.39. The number of likely N-dealkylation sites (N-methyl/N-ethyl adjacent to an activating group) is 1. The molecule has 0 aromatic heterocycles. The first-order valence-electron chi connectivity index (χ1n) is 6.91. The minimum Gasteiger partial charge on any atom is -0.392 e. The molecule has 2 aromatic carbocycles. The number of hydrogen-bond acceptors (Lipinski definition) is 2. The molecule has 1 atom stereocenters. The zero-order chi connectivity index (χ0) is 15.2. The summed E-state index contributed by atoms with van der Waals surface area (Å²) in [6.45, 7) is -0.0517. The molecule has 0 radical (unpaired) electrons. The Balaban J connectivity index is 2.51. The molecule has 1 N–H and O–H groups in total. The van der Waals surface area contributed by atoms with Gasteiger partial charge in [-0.25, -0.2) is 4.39 Å². The molecule has 2 aromatic rings. The molecule has 0 fully saturated rings. The molecule has 1 unspecified atom stereocenters. The van der Waals surface area contributed by atoms with Gasteiger partial charge in [0.1, 0.15) is 5.82 Å². The van der Waals surface area contributed by atoms with Gasteiger partial charge in [-0.2, -0.15) is 0 Å². The lowest BCUT2D eigenvalue weighted by molar-refractivity contribution is 0.336. The van der Waals surface area contributed by atoms with E-state index >= 15 is 0 Å². The van der Waals surface area contributed by atoms with E-state index in [0.29, 0.717) is 0 Å². The molecule has 0 saturated heterocycles. The summed E-state index contributed by atoms with van der Waals surface area (Å²) in [7, 11) is 3.90. The van der Waals surface area contributed by atoms with Crippen LogP contribution in [-0.4, -0.2) is 30.7 Å². The molecule has 0 aliphatic rings. The lowest BCUT2D eigenvalue weighted by Gasteiger charge is -2.28. The molecule has 0 bridgehead atoms. The molecule has 0 spiro atoms. The molecule has 2 nitrogen and oxygen atoms in total. The van der Waals surface area contributed by atoms with Crippen molar-refractivity contribution in [2.75, 3.05) is 20.7 Å². The minimum absolute atomic E-state index is 0.0517. The molecular weight excluding hydrogens is 265 g/mol. The standard InChI is InChI=1S/C18H20FNO/c1-20(2)18(15-9-6-10-16(19)13-15)17(11-12-21)14-7-4-3-5-8-14/h3-11,13,18,21H,12H2,1-2H3/b17-11+. The highest BCUT2D eigenvalue weighted by atomic mass is 19.1. The van der Waals surface area contributed by atoms with Crippen LogP contribution in [0.3, 0.4) is 0 Å². The Labute approximate surface area is 125 Å². The number of halogens is 1. The number of aliphatic hydroxyl groups excluding tert-OH is 1. The summed E-state index contributed by atoms with van der Waals surface area (Å²) < 4.78 is 13.6. The van der Waals surface area contributed by atoms with Crippen LogP contribution in [0, 0.1) is 5.82 Å². The van der Waals surface area contributed by atoms with E-state index in [4.69, 9.17) is 0 Å². The summed E-state index contributed by atoms with van der Waals surface area (Å²) in [4.78, 5) is 2.02. The average Bonchev–Trinajstić information content (AvgIpc) is 2.47. The summed E-state index contributed by atoms with van der Waals surface area (Å²) >= 11 is 0. The van der Waals surface area contributed by atoms with Crippen LogP contribution >= 0.6 is 0 Å². The normalized spacial score (nSPS) is 13.5. The van der Waals surface area contributed by atoms with Gasteiger partial charge < -0.3 is 5.11 Å². The summed E-state index contributed by atoms with van der Waals surface area (Å²) in [6.07, 6.45) is 1.78. The summed E-state index contributed by atoms with van der Waals surface area (Å²) in [6, 6.07) is 16.3. The molecule has 3 heteroatoms. The van der Waals surface area contributed by atoms with Gasteiger partial charge in [0.25, 0.3) is 0 Å². The monoisotopic (exact) mass is 285 g/mol. The largest absolute Gasteiger partial charge is 0.392 e. The van der Waals surface area contributed by atoms with Gasteiger partial charge in [-0.3, -0.25) is 4.90 Å². The highest BCUT2D eigenvalue weighted by Gasteiger charge is 2.20. The molecule has 21 heavy (non-hydrogen) atoms. The van der Waals surface area contributed by atoms with E-state index in [9.17, 15) is 9.50 Å². The Hall–Kier alpha value is -1.97. The van der Waals surface area contributed by atoms with Crippen molar-refractivity contribution >= 4 is 5.57 Å². The summed E-state index contributed by atoms with van der Waals surface area (Å²) in [5, 5.41) is 9.36. The second kappa shape index (κ2) is 7.16. The lowest BCUT2D eigenvalue weighted by atomic mass is 9.91. The van der Waals surface area contributed by atoms with Crippen molar-refractivity contribution in [2.24, 2.45) is 0 Å². The van der Waals surface area contributed by atoms with Crippen molar-refractivity contribution in [3.63, 3.8) is 0 Å². The predicted octanol–water partition coefficient (Wildman–Crippen LogP) is 3.50. The van der Waals surface area contributed by atoms with Crippen LogP contribution in [0.5, 0.6) is 0 Å². The van der Waals surface area contributed by atoms with Crippen LogP contribution in [0.25, 0.3) is 5.57 Å².